The molecule has 0 aliphatic carbocycles. The largest absolute Gasteiger partial charge is 0.308 e. The second-order valence-corrected chi connectivity index (χ2v) is 6.38. The van der Waals surface area contributed by atoms with E-state index in [4.69, 9.17) is 11.6 Å². The summed E-state index contributed by atoms with van der Waals surface area (Å²) in [7, 11) is 0. The lowest BCUT2D eigenvalue weighted by molar-refractivity contribution is 0.0987. The van der Waals surface area contributed by atoms with Gasteiger partial charge in [0.2, 0.25) is 0 Å². The number of carbonyl (C=O) groups is 1. The molecule has 0 radical (unpaired) electrons. The van der Waals surface area contributed by atoms with Crippen LogP contribution in [0.4, 0.5) is 5.69 Å². The van der Waals surface area contributed by atoms with Crippen LogP contribution < -0.4 is 4.90 Å². The summed E-state index contributed by atoms with van der Waals surface area (Å²) in [5.41, 5.74) is 2.79. The molecule has 21 heavy (non-hydrogen) atoms. The number of amides is 1. The van der Waals surface area contributed by atoms with Crippen molar-refractivity contribution >= 4 is 39.1 Å². The van der Waals surface area contributed by atoms with Crippen molar-refractivity contribution in [1.29, 1.82) is 0 Å². The summed E-state index contributed by atoms with van der Waals surface area (Å²) in [5.74, 6) is -0.0318. The number of fused-ring (bicyclic) bond motifs is 1. The molecule has 4 heteroatoms. The Balaban J connectivity index is 2.03. The molecule has 0 saturated heterocycles. The van der Waals surface area contributed by atoms with E-state index in [0.29, 0.717) is 10.6 Å². The number of para-hydroxylation sites is 1. The molecule has 0 saturated carbocycles. The molecular formula is C17H15BrClNO. The fourth-order valence-electron chi connectivity index (χ4n) is 2.72. The highest BCUT2D eigenvalue weighted by molar-refractivity contribution is 9.10. The number of nitrogens with zero attached hydrogens (tertiary/aromatic N) is 1. The van der Waals surface area contributed by atoms with Crippen molar-refractivity contribution in [3.63, 3.8) is 0 Å². The number of benzene rings is 2. The molecule has 1 heterocycles. The van der Waals surface area contributed by atoms with Gasteiger partial charge in [-0.15, -0.1) is 0 Å². The van der Waals surface area contributed by atoms with Gasteiger partial charge in [0, 0.05) is 16.7 Å². The summed E-state index contributed by atoms with van der Waals surface area (Å²) in [6.07, 6.45) is 3.13. The molecule has 0 atom stereocenters. The molecule has 0 aromatic heterocycles. The fourth-order valence-corrected chi connectivity index (χ4v) is 3.29. The number of rotatable bonds is 1. The van der Waals surface area contributed by atoms with Gasteiger partial charge in [-0.25, -0.2) is 0 Å². The van der Waals surface area contributed by atoms with E-state index in [1.807, 2.05) is 35.2 Å². The van der Waals surface area contributed by atoms with Gasteiger partial charge in [-0.3, -0.25) is 4.79 Å². The number of aryl methyl sites for hydroxylation is 1. The molecule has 1 amide bonds. The van der Waals surface area contributed by atoms with Gasteiger partial charge in [0.15, 0.2) is 0 Å². The highest BCUT2D eigenvalue weighted by atomic mass is 79.9. The van der Waals surface area contributed by atoms with Crippen molar-refractivity contribution in [3.05, 3.63) is 63.1 Å². The molecular weight excluding hydrogens is 350 g/mol. The Labute approximate surface area is 137 Å². The van der Waals surface area contributed by atoms with Gasteiger partial charge >= 0.3 is 0 Å². The Morgan fingerprint density at radius 1 is 1.10 bits per heavy atom. The van der Waals surface area contributed by atoms with Crippen LogP contribution >= 0.6 is 27.5 Å². The molecule has 2 aromatic carbocycles. The van der Waals surface area contributed by atoms with E-state index < -0.39 is 0 Å². The van der Waals surface area contributed by atoms with Crippen molar-refractivity contribution < 1.29 is 4.79 Å². The predicted molar refractivity (Wildman–Crippen MR) is 90.2 cm³/mol. The maximum Gasteiger partial charge on any atom is 0.259 e. The number of anilines is 1. The van der Waals surface area contributed by atoms with Crippen molar-refractivity contribution in [1.82, 2.24) is 0 Å². The zero-order valence-electron chi connectivity index (χ0n) is 11.5. The SMILES string of the molecule is O=C(c1cccc(Br)c1Cl)N1CCCCc2ccccc21. The molecule has 2 nitrogen and oxygen atoms in total. The van der Waals surface area contributed by atoms with Gasteiger partial charge in [0.1, 0.15) is 0 Å². The van der Waals surface area contributed by atoms with Crippen molar-refractivity contribution in [2.75, 3.05) is 11.4 Å². The maximum atomic E-state index is 12.9. The molecule has 0 spiro atoms. The highest BCUT2D eigenvalue weighted by Crippen LogP contribution is 2.31. The summed E-state index contributed by atoms with van der Waals surface area (Å²) in [5, 5.41) is 0.476. The second-order valence-electron chi connectivity index (χ2n) is 5.14. The molecule has 1 aliphatic rings. The van der Waals surface area contributed by atoms with Crippen LogP contribution in [0.5, 0.6) is 0 Å². The third kappa shape index (κ3) is 2.85. The molecule has 2 aromatic rings. The fraction of sp³-hybridized carbons (Fsp3) is 0.235. The molecule has 0 bridgehead atoms. The lowest BCUT2D eigenvalue weighted by Gasteiger charge is -2.23. The lowest BCUT2D eigenvalue weighted by atomic mass is 10.1. The standard InChI is InChI=1S/C17H15BrClNO/c18-14-9-5-8-13(16(14)19)17(21)20-11-4-3-7-12-6-1-2-10-15(12)20/h1-2,5-6,8-10H,3-4,7,11H2. The van der Waals surface area contributed by atoms with Crippen LogP contribution in [0.3, 0.4) is 0 Å². The molecule has 0 unspecified atom stereocenters. The third-order valence-corrected chi connectivity index (χ3v) is 5.08. The maximum absolute atomic E-state index is 12.9. The minimum Gasteiger partial charge on any atom is -0.308 e. The highest BCUT2D eigenvalue weighted by Gasteiger charge is 2.24. The van der Waals surface area contributed by atoms with E-state index in [0.717, 1.165) is 36.0 Å². The molecule has 108 valence electrons. The summed E-state index contributed by atoms with van der Waals surface area (Å²) in [6, 6.07) is 13.6. The van der Waals surface area contributed by atoms with Crippen LogP contribution in [0.1, 0.15) is 28.8 Å². The Kier molecular flexibility index (Phi) is 4.32. The van der Waals surface area contributed by atoms with E-state index in [1.54, 1.807) is 6.07 Å². The first-order chi connectivity index (χ1) is 10.2. The first-order valence-corrected chi connectivity index (χ1v) is 8.19. The van der Waals surface area contributed by atoms with Crippen LogP contribution in [0.15, 0.2) is 46.9 Å². The molecule has 0 fully saturated rings. The average molecular weight is 365 g/mol. The first kappa shape index (κ1) is 14.6. The summed E-state index contributed by atoms with van der Waals surface area (Å²) < 4.78 is 0.748. The van der Waals surface area contributed by atoms with E-state index >= 15 is 0 Å². The van der Waals surface area contributed by atoms with Crippen LogP contribution in [0.2, 0.25) is 5.02 Å². The van der Waals surface area contributed by atoms with Crippen LogP contribution in [0, 0.1) is 0 Å². The van der Waals surface area contributed by atoms with Crippen molar-refractivity contribution in [3.8, 4) is 0 Å². The van der Waals surface area contributed by atoms with E-state index in [9.17, 15) is 4.79 Å². The van der Waals surface area contributed by atoms with E-state index in [1.165, 1.54) is 5.56 Å². The quantitative estimate of drug-likeness (QED) is 0.690. The number of hydrogen-bond acceptors (Lipinski definition) is 1. The van der Waals surface area contributed by atoms with Gasteiger partial charge in [-0.05, 0) is 59.0 Å². The van der Waals surface area contributed by atoms with Gasteiger partial charge in [0.25, 0.3) is 5.91 Å². The molecule has 3 rings (SSSR count). The van der Waals surface area contributed by atoms with Gasteiger partial charge in [-0.1, -0.05) is 35.9 Å². The lowest BCUT2D eigenvalue weighted by Crippen LogP contribution is -2.32. The van der Waals surface area contributed by atoms with Crippen molar-refractivity contribution in [2.24, 2.45) is 0 Å². The molecule has 1 aliphatic heterocycles. The summed E-state index contributed by atoms with van der Waals surface area (Å²) in [6.45, 7) is 0.735. The summed E-state index contributed by atoms with van der Waals surface area (Å²) >= 11 is 9.66. The predicted octanol–water partition coefficient (Wildman–Crippen LogP) is 5.09. The van der Waals surface area contributed by atoms with Gasteiger partial charge < -0.3 is 4.90 Å². The number of hydrogen-bond donors (Lipinski definition) is 0. The molecule has 0 N–H and O–H groups in total. The van der Waals surface area contributed by atoms with Crippen molar-refractivity contribution in [2.45, 2.75) is 19.3 Å². The summed E-state index contributed by atoms with van der Waals surface area (Å²) in [4.78, 5) is 14.8. The average Bonchev–Trinajstić information content (AvgIpc) is 2.72. The smallest absolute Gasteiger partial charge is 0.259 e. The van der Waals surface area contributed by atoms with Gasteiger partial charge in [-0.2, -0.15) is 0 Å². The second kappa shape index (κ2) is 6.20. The topological polar surface area (TPSA) is 20.3 Å². The number of carbonyl (C=O) groups excluding carboxylic acids is 1. The first-order valence-electron chi connectivity index (χ1n) is 7.02. The zero-order chi connectivity index (χ0) is 14.8. The minimum absolute atomic E-state index is 0.0318. The van der Waals surface area contributed by atoms with E-state index in [-0.39, 0.29) is 5.91 Å². The Bertz CT molecular complexity index is 686. The van der Waals surface area contributed by atoms with Crippen LogP contribution in [0.25, 0.3) is 0 Å². The monoisotopic (exact) mass is 363 g/mol. The third-order valence-electron chi connectivity index (χ3n) is 3.79. The van der Waals surface area contributed by atoms with Crippen LogP contribution in [-0.4, -0.2) is 12.5 Å². The van der Waals surface area contributed by atoms with Gasteiger partial charge in [0.05, 0.1) is 10.6 Å². The Morgan fingerprint density at radius 2 is 1.90 bits per heavy atom. The minimum atomic E-state index is -0.0318. The van der Waals surface area contributed by atoms with E-state index in [2.05, 4.69) is 22.0 Å². The van der Waals surface area contributed by atoms with Crippen LogP contribution in [-0.2, 0) is 6.42 Å². The zero-order valence-corrected chi connectivity index (χ0v) is 13.8. The normalized spacial score (nSPS) is 14.5. The Morgan fingerprint density at radius 3 is 2.76 bits per heavy atom. The Hall–Kier alpha value is -1.32. The number of halogens is 2.